The number of furan rings is 1. The molecule has 0 saturated heterocycles. The highest BCUT2D eigenvalue weighted by Gasteiger charge is 2.26. The zero-order valence-electron chi connectivity index (χ0n) is 17.1. The molecule has 0 amide bonds. The van der Waals surface area contributed by atoms with Crippen molar-refractivity contribution in [2.45, 2.75) is 18.8 Å². The molecule has 0 aliphatic rings. The van der Waals surface area contributed by atoms with Crippen LogP contribution in [0.15, 0.2) is 65.4 Å². The topological polar surface area (TPSA) is 107 Å². The molecule has 1 unspecified atom stereocenters. The number of fused-ring (bicyclic) bond motifs is 1. The van der Waals surface area contributed by atoms with Gasteiger partial charge in [0.15, 0.2) is 0 Å². The summed E-state index contributed by atoms with van der Waals surface area (Å²) in [5.74, 6) is -3.87. The normalized spacial score (nSPS) is 12.8. The Labute approximate surface area is 187 Å². The van der Waals surface area contributed by atoms with Crippen LogP contribution >= 0.6 is 0 Å². The van der Waals surface area contributed by atoms with Crippen LogP contribution in [0.3, 0.4) is 0 Å². The molecule has 7 nitrogen and oxygen atoms in total. The average molecular weight is 477 g/mol. The van der Waals surface area contributed by atoms with E-state index in [1.165, 1.54) is 54.9 Å². The average Bonchev–Trinajstić information content (AvgIpc) is 3.21. The number of nitrogens with two attached hydrogens (primary N) is 1. The molecule has 4 rings (SSSR count). The number of sulfonamides is 1. The number of rotatable bonds is 7. The van der Waals surface area contributed by atoms with Gasteiger partial charge in [0.1, 0.15) is 29.1 Å². The van der Waals surface area contributed by atoms with Crippen molar-refractivity contribution in [1.82, 2.24) is 4.98 Å². The zero-order chi connectivity index (χ0) is 23.8. The summed E-state index contributed by atoms with van der Waals surface area (Å²) in [5.41, 5.74) is 7.95. The fourth-order valence-electron chi connectivity index (χ4n) is 3.28. The van der Waals surface area contributed by atoms with E-state index >= 15 is 0 Å². The van der Waals surface area contributed by atoms with Crippen LogP contribution in [-0.2, 0) is 10.0 Å². The van der Waals surface area contributed by atoms with Gasteiger partial charge in [0.25, 0.3) is 10.0 Å². The van der Waals surface area contributed by atoms with Crippen LogP contribution in [0.2, 0.25) is 0 Å². The molecule has 0 bridgehead atoms. The molecule has 2 aromatic heterocycles. The van der Waals surface area contributed by atoms with Crippen LogP contribution < -0.4 is 15.2 Å². The lowest BCUT2D eigenvalue weighted by Gasteiger charge is -2.19. The Morgan fingerprint density at radius 3 is 2.55 bits per heavy atom. The lowest BCUT2D eigenvalue weighted by atomic mass is 10.0. The van der Waals surface area contributed by atoms with Gasteiger partial charge in [0.05, 0.1) is 17.3 Å². The monoisotopic (exact) mass is 477 g/mol. The summed E-state index contributed by atoms with van der Waals surface area (Å²) in [6.45, 7) is 1.65. The van der Waals surface area contributed by atoms with Crippen molar-refractivity contribution in [2.24, 2.45) is 0 Å². The van der Waals surface area contributed by atoms with Crippen LogP contribution in [0.5, 0.6) is 5.75 Å². The van der Waals surface area contributed by atoms with Crippen molar-refractivity contribution in [3.8, 4) is 16.9 Å². The van der Waals surface area contributed by atoms with E-state index in [2.05, 4.69) is 4.98 Å². The predicted molar refractivity (Wildman–Crippen MR) is 118 cm³/mol. The second kappa shape index (κ2) is 8.66. The molecule has 0 aliphatic heterocycles. The summed E-state index contributed by atoms with van der Waals surface area (Å²) in [5, 5.41) is 0.538. The highest BCUT2D eigenvalue weighted by Crippen LogP contribution is 2.39. The highest BCUT2D eigenvalue weighted by molar-refractivity contribution is 7.93. The van der Waals surface area contributed by atoms with Crippen molar-refractivity contribution < 1.29 is 30.7 Å². The van der Waals surface area contributed by atoms with Gasteiger partial charge in [-0.3, -0.25) is 4.72 Å². The van der Waals surface area contributed by atoms with Gasteiger partial charge in [-0.25, -0.2) is 17.8 Å². The van der Waals surface area contributed by atoms with E-state index in [4.69, 9.17) is 14.9 Å². The fraction of sp³-hybridized carbons (Fsp3) is 0.136. The maximum absolute atomic E-state index is 13.3. The number of nitrogens with zero attached hydrogens (tertiary/aromatic N) is 1. The first kappa shape index (κ1) is 22.5. The van der Waals surface area contributed by atoms with E-state index in [-0.39, 0.29) is 17.3 Å². The molecule has 0 saturated carbocycles. The number of nitrogens with one attached hydrogen (secondary N) is 1. The molecule has 4 aromatic rings. The number of alkyl halides is 2. The Morgan fingerprint density at radius 2 is 1.85 bits per heavy atom. The van der Waals surface area contributed by atoms with Gasteiger partial charge in [0.2, 0.25) is 0 Å². The Hall–Kier alpha value is -3.73. The Kier molecular flexibility index (Phi) is 5.90. The minimum atomic E-state index is -4.95. The SMILES string of the molecule is CC(Oc1cc(-c2coc3ccnc(N)c23)ccc1NS(=O)(=O)C(F)F)c1ccc(F)cc1. The van der Waals surface area contributed by atoms with Gasteiger partial charge in [0, 0.05) is 11.8 Å². The van der Waals surface area contributed by atoms with Crippen LogP contribution in [0.25, 0.3) is 22.1 Å². The molecule has 0 radical (unpaired) electrons. The summed E-state index contributed by atoms with van der Waals surface area (Å²) in [6.07, 6.45) is 2.28. The minimum absolute atomic E-state index is 0.0228. The maximum atomic E-state index is 13.3. The Bertz CT molecular complexity index is 1410. The van der Waals surface area contributed by atoms with Crippen LogP contribution in [0.4, 0.5) is 24.7 Å². The Morgan fingerprint density at radius 1 is 1.12 bits per heavy atom. The summed E-state index contributed by atoms with van der Waals surface area (Å²) < 4.78 is 76.0. The van der Waals surface area contributed by atoms with Crippen molar-refractivity contribution in [3.05, 3.63) is 72.4 Å². The molecule has 172 valence electrons. The minimum Gasteiger partial charge on any atom is -0.484 e. The molecule has 3 N–H and O–H groups in total. The third-order valence-electron chi connectivity index (χ3n) is 4.94. The lowest BCUT2D eigenvalue weighted by molar-refractivity contribution is 0.228. The third-order valence-corrected chi connectivity index (χ3v) is 5.91. The van der Waals surface area contributed by atoms with Crippen molar-refractivity contribution >= 4 is 32.5 Å². The van der Waals surface area contributed by atoms with Crippen LogP contribution in [0.1, 0.15) is 18.6 Å². The molecule has 0 aliphatic carbocycles. The molecule has 1 atom stereocenters. The van der Waals surface area contributed by atoms with Crippen molar-refractivity contribution in [2.75, 3.05) is 10.5 Å². The zero-order valence-corrected chi connectivity index (χ0v) is 17.9. The van der Waals surface area contributed by atoms with E-state index < -0.39 is 27.7 Å². The van der Waals surface area contributed by atoms with Crippen molar-refractivity contribution in [1.29, 1.82) is 0 Å². The highest BCUT2D eigenvalue weighted by atomic mass is 32.2. The molecule has 33 heavy (non-hydrogen) atoms. The van der Waals surface area contributed by atoms with E-state index in [1.54, 1.807) is 13.0 Å². The second-order valence-corrected chi connectivity index (χ2v) is 8.80. The molecule has 0 spiro atoms. The lowest BCUT2D eigenvalue weighted by Crippen LogP contribution is -2.21. The number of hydrogen-bond acceptors (Lipinski definition) is 6. The number of benzene rings is 2. The largest absolute Gasteiger partial charge is 0.484 e. The molecule has 2 aromatic carbocycles. The van der Waals surface area contributed by atoms with E-state index in [0.29, 0.717) is 27.7 Å². The molecular weight excluding hydrogens is 459 g/mol. The number of anilines is 2. The summed E-state index contributed by atoms with van der Waals surface area (Å²) >= 11 is 0. The molecular formula is C22H18F3N3O4S. The maximum Gasteiger partial charge on any atom is 0.355 e. The van der Waals surface area contributed by atoms with Gasteiger partial charge in [-0.1, -0.05) is 18.2 Å². The van der Waals surface area contributed by atoms with Gasteiger partial charge in [-0.15, -0.1) is 0 Å². The number of halogens is 3. The summed E-state index contributed by atoms with van der Waals surface area (Å²) in [7, 11) is -4.95. The smallest absolute Gasteiger partial charge is 0.355 e. The molecule has 0 fully saturated rings. The molecule has 11 heteroatoms. The first-order chi connectivity index (χ1) is 15.7. The number of nitrogen functional groups attached to an aromatic ring is 1. The van der Waals surface area contributed by atoms with Gasteiger partial charge < -0.3 is 14.9 Å². The van der Waals surface area contributed by atoms with Gasteiger partial charge in [-0.2, -0.15) is 8.78 Å². The number of aromatic nitrogens is 1. The van der Waals surface area contributed by atoms with E-state index in [9.17, 15) is 21.6 Å². The van der Waals surface area contributed by atoms with Gasteiger partial charge in [-0.05, 0) is 48.4 Å². The van der Waals surface area contributed by atoms with Gasteiger partial charge >= 0.3 is 5.76 Å². The fourth-order valence-corrected chi connectivity index (χ4v) is 3.85. The predicted octanol–water partition coefficient (Wildman–Crippen LogP) is 5.32. The Balaban J connectivity index is 1.78. The number of pyridine rings is 1. The van der Waals surface area contributed by atoms with Crippen molar-refractivity contribution in [3.63, 3.8) is 0 Å². The number of ether oxygens (including phenoxy) is 1. The van der Waals surface area contributed by atoms with Crippen LogP contribution in [0, 0.1) is 5.82 Å². The quantitative estimate of drug-likeness (QED) is 0.373. The molecule has 2 heterocycles. The van der Waals surface area contributed by atoms with Crippen LogP contribution in [-0.4, -0.2) is 19.2 Å². The second-order valence-electron chi connectivity index (χ2n) is 7.15. The standard InChI is InChI=1S/C22H18F3N3O4S/c1-12(13-2-5-15(23)6-3-13)32-19-10-14(4-7-17(19)28-33(29,30)22(24)25)16-11-31-18-8-9-27-21(26)20(16)18/h2-12,22,28H,1H3,(H2,26,27). The summed E-state index contributed by atoms with van der Waals surface area (Å²) in [4.78, 5) is 4.05. The first-order valence-corrected chi connectivity index (χ1v) is 11.2. The first-order valence-electron chi connectivity index (χ1n) is 9.63. The third kappa shape index (κ3) is 4.58. The number of hydrogen-bond donors (Lipinski definition) is 2. The van der Waals surface area contributed by atoms with E-state index in [0.717, 1.165) is 0 Å². The summed E-state index contributed by atoms with van der Waals surface area (Å²) in [6, 6.07) is 11.4. The van der Waals surface area contributed by atoms with E-state index in [1.807, 2.05) is 4.72 Å².